The Bertz CT molecular complexity index is 307. The summed E-state index contributed by atoms with van der Waals surface area (Å²) in [5.74, 6) is -0.172. The standard InChI is InChI=1S/C13H22N2O2/c1-13(2)7-5-9-15(11(13)10-14)8-4-6-12(16)17-3/h11H,4-9H2,1-3H3. The third-order valence-corrected chi connectivity index (χ3v) is 3.55. The van der Waals surface area contributed by atoms with E-state index in [1.807, 2.05) is 0 Å². The van der Waals surface area contributed by atoms with Crippen LogP contribution in [-0.2, 0) is 9.53 Å². The number of nitrogens with zero attached hydrogens (tertiary/aromatic N) is 2. The maximum Gasteiger partial charge on any atom is 0.305 e. The molecule has 4 nitrogen and oxygen atoms in total. The minimum Gasteiger partial charge on any atom is -0.469 e. The molecule has 1 aliphatic rings. The molecule has 1 unspecified atom stereocenters. The van der Waals surface area contributed by atoms with E-state index >= 15 is 0 Å². The Morgan fingerprint density at radius 1 is 1.59 bits per heavy atom. The second kappa shape index (κ2) is 6.02. The van der Waals surface area contributed by atoms with Crippen LogP contribution in [-0.4, -0.2) is 37.1 Å². The number of carbonyl (C=O) groups excluding carboxylic acids is 1. The van der Waals surface area contributed by atoms with Gasteiger partial charge in [0.25, 0.3) is 0 Å². The molecule has 0 amide bonds. The minimum absolute atomic E-state index is 0.0334. The second-order valence-corrected chi connectivity index (χ2v) is 5.34. The number of hydrogen-bond donors (Lipinski definition) is 0. The van der Waals surface area contributed by atoms with Crippen molar-refractivity contribution in [2.24, 2.45) is 5.41 Å². The number of hydrogen-bond acceptors (Lipinski definition) is 4. The van der Waals surface area contributed by atoms with E-state index in [9.17, 15) is 10.1 Å². The number of piperidine rings is 1. The van der Waals surface area contributed by atoms with Gasteiger partial charge in [0.05, 0.1) is 13.2 Å². The number of nitriles is 1. The summed E-state index contributed by atoms with van der Waals surface area (Å²) in [6.07, 6.45) is 3.43. The summed E-state index contributed by atoms with van der Waals surface area (Å²) >= 11 is 0. The topological polar surface area (TPSA) is 53.3 Å². The zero-order valence-corrected chi connectivity index (χ0v) is 11.0. The van der Waals surface area contributed by atoms with Gasteiger partial charge in [-0.2, -0.15) is 5.26 Å². The van der Waals surface area contributed by atoms with E-state index in [0.29, 0.717) is 6.42 Å². The second-order valence-electron chi connectivity index (χ2n) is 5.34. The van der Waals surface area contributed by atoms with Gasteiger partial charge < -0.3 is 4.74 Å². The molecule has 0 saturated carbocycles. The number of carbonyl (C=O) groups is 1. The van der Waals surface area contributed by atoms with Gasteiger partial charge in [-0.3, -0.25) is 9.69 Å². The van der Waals surface area contributed by atoms with E-state index in [2.05, 4.69) is 29.6 Å². The highest BCUT2D eigenvalue weighted by Crippen LogP contribution is 2.34. The van der Waals surface area contributed by atoms with Crippen molar-refractivity contribution >= 4 is 5.97 Å². The van der Waals surface area contributed by atoms with Crippen LogP contribution in [0.25, 0.3) is 0 Å². The highest BCUT2D eigenvalue weighted by Gasteiger charge is 2.37. The predicted molar refractivity (Wildman–Crippen MR) is 65.2 cm³/mol. The smallest absolute Gasteiger partial charge is 0.305 e. The molecule has 1 saturated heterocycles. The van der Waals surface area contributed by atoms with Gasteiger partial charge in [-0.05, 0) is 37.8 Å². The molecule has 17 heavy (non-hydrogen) atoms. The molecule has 1 aliphatic heterocycles. The van der Waals surface area contributed by atoms with Crippen molar-refractivity contribution in [3.63, 3.8) is 0 Å². The lowest BCUT2D eigenvalue weighted by Crippen LogP contribution is -2.49. The van der Waals surface area contributed by atoms with E-state index in [0.717, 1.165) is 32.4 Å². The van der Waals surface area contributed by atoms with Crippen LogP contribution in [0.3, 0.4) is 0 Å². The fourth-order valence-corrected chi connectivity index (χ4v) is 2.52. The highest BCUT2D eigenvalue weighted by molar-refractivity contribution is 5.69. The molecular formula is C13H22N2O2. The molecule has 0 aromatic rings. The molecule has 0 N–H and O–H groups in total. The molecule has 1 fully saturated rings. The SMILES string of the molecule is COC(=O)CCCN1CCCC(C)(C)C1C#N. The van der Waals surface area contributed by atoms with Crippen molar-refractivity contribution in [2.45, 2.75) is 45.6 Å². The zero-order chi connectivity index (χ0) is 12.9. The number of methoxy groups -OCH3 is 1. The van der Waals surface area contributed by atoms with Crippen LogP contribution in [0.5, 0.6) is 0 Å². The first kappa shape index (κ1) is 14.0. The maximum atomic E-state index is 11.0. The van der Waals surface area contributed by atoms with E-state index in [1.165, 1.54) is 7.11 Å². The van der Waals surface area contributed by atoms with E-state index < -0.39 is 0 Å². The molecule has 1 heterocycles. The molecule has 1 rings (SSSR count). The van der Waals surface area contributed by atoms with Gasteiger partial charge in [0.15, 0.2) is 0 Å². The van der Waals surface area contributed by atoms with Gasteiger partial charge in [0, 0.05) is 6.42 Å². The Balaban J connectivity index is 2.47. The first-order valence-corrected chi connectivity index (χ1v) is 6.22. The summed E-state index contributed by atoms with van der Waals surface area (Å²) < 4.78 is 4.61. The number of esters is 1. The van der Waals surface area contributed by atoms with E-state index in [-0.39, 0.29) is 17.4 Å². The normalized spacial score (nSPS) is 24.0. The monoisotopic (exact) mass is 238 g/mol. The van der Waals surface area contributed by atoms with Crippen molar-refractivity contribution in [1.82, 2.24) is 4.90 Å². The number of likely N-dealkylation sites (tertiary alicyclic amines) is 1. The Labute approximate surface area is 104 Å². The fraction of sp³-hybridized carbons (Fsp3) is 0.846. The molecule has 1 atom stereocenters. The van der Waals surface area contributed by atoms with Crippen molar-refractivity contribution in [1.29, 1.82) is 5.26 Å². The Morgan fingerprint density at radius 2 is 2.29 bits per heavy atom. The quantitative estimate of drug-likeness (QED) is 0.702. The number of ether oxygens (including phenoxy) is 1. The Hall–Kier alpha value is -1.08. The molecule has 0 spiro atoms. The lowest BCUT2D eigenvalue weighted by molar-refractivity contribution is -0.140. The Morgan fingerprint density at radius 3 is 2.88 bits per heavy atom. The average molecular weight is 238 g/mol. The molecule has 0 bridgehead atoms. The van der Waals surface area contributed by atoms with Crippen LogP contribution in [0.15, 0.2) is 0 Å². The van der Waals surface area contributed by atoms with Gasteiger partial charge in [0.1, 0.15) is 6.04 Å². The molecule has 0 aromatic heterocycles. The highest BCUT2D eigenvalue weighted by atomic mass is 16.5. The lowest BCUT2D eigenvalue weighted by Gasteiger charge is -2.42. The molecule has 0 radical (unpaired) electrons. The average Bonchev–Trinajstić information content (AvgIpc) is 2.28. The van der Waals surface area contributed by atoms with Gasteiger partial charge in [-0.15, -0.1) is 0 Å². The summed E-state index contributed by atoms with van der Waals surface area (Å²) in [6.45, 7) is 6.06. The summed E-state index contributed by atoms with van der Waals surface area (Å²) in [5, 5.41) is 9.27. The van der Waals surface area contributed by atoms with Crippen LogP contribution < -0.4 is 0 Å². The first-order valence-electron chi connectivity index (χ1n) is 6.22. The summed E-state index contributed by atoms with van der Waals surface area (Å²) in [6, 6.07) is 2.37. The van der Waals surface area contributed by atoms with Crippen LogP contribution in [0.2, 0.25) is 0 Å². The van der Waals surface area contributed by atoms with Crippen molar-refractivity contribution < 1.29 is 9.53 Å². The molecule has 4 heteroatoms. The zero-order valence-electron chi connectivity index (χ0n) is 11.0. The van der Waals surface area contributed by atoms with Gasteiger partial charge in [0.2, 0.25) is 0 Å². The van der Waals surface area contributed by atoms with Crippen molar-refractivity contribution in [2.75, 3.05) is 20.2 Å². The maximum absolute atomic E-state index is 11.0. The van der Waals surface area contributed by atoms with Crippen LogP contribution in [0.1, 0.15) is 39.5 Å². The van der Waals surface area contributed by atoms with Crippen LogP contribution in [0, 0.1) is 16.7 Å². The van der Waals surface area contributed by atoms with Gasteiger partial charge in [-0.1, -0.05) is 13.8 Å². The number of rotatable bonds is 4. The van der Waals surface area contributed by atoms with Crippen LogP contribution in [0.4, 0.5) is 0 Å². The molecular weight excluding hydrogens is 216 g/mol. The first-order chi connectivity index (χ1) is 8.01. The summed E-state index contributed by atoms with van der Waals surface area (Å²) in [4.78, 5) is 13.2. The van der Waals surface area contributed by atoms with E-state index in [1.54, 1.807) is 0 Å². The summed E-state index contributed by atoms with van der Waals surface area (Å²) in [5.41, 5.74) is 0.0538. The Kier molecular flexibility index (Phi) is 4.95. The van der Waals surface area contributed by atoms with Crippen molar-refractivity contribution in [3.05, 3.63) is 0 Å². The molecule has 0 aromatic carbocycles. The molecule has 96 valence electrons. The van der Waals surface area contributed by atoms with Gasteiger partial charge in [-0.25, -0.2) is 0 Å². The predicted octanol–water partition coefficient (Wildman–Crippen LogP) is 1.95. The summed E-state index contributed by atoms with van der Waals surface area (Å²) in [7, 11) is 1.41. The third-order valence-electron chi connectivity index (χ3n) is 3.55. The largest absolute Gasteiger partial charge is 0.469 e. The van der Waals surface area contributed by atoms with E-state index in [4.69, 9.17) is 0 Å². The fourth-order valence-electron chi connectivity index (χ4n) is 2.52. The third kappa shape index (κ3) is 3.71. The van der Waals surface area contributed by atoms with Crippen LogP contribution >= 0.6 is 0 Å². The van der Waals surface area contributed by atoms with Gasteiger partial charge >= 0.3 is 5.97 Å². The molecule has 0 aliphatic carbocycles. The van der Waals surface area contributed by atoms with Crippen molar-refractivity contribution in [3.8, 4) is 6.07 Å². The minimum atomic E-state index is -0.172. The lowest BCUT2D eigenvalue weighted by atomic mass is 9.77.